The third kappa shape index (κ3) is 3.53. The Morgan fingerprint density at radius 3 is 2.54 bits per heavy atom. The van der Waals surface area contributed by atoms with E-state index in [-0.39, 0.29) is 5.12 Å². The molecule has 0 aromatic heterocycles. The third-order valence-electron chi connectivity index (χ3n) is 1.35. The topological polar surface area (TPSA) is 40.9 Å². The van der Waals surface area contributed by atoms with E-state index in [1.54, 1.807) is 12.1 Å². The van der Waals surface area contributed by atoms with Crippen molar-refractivity contribution >= 4 is 29.5 Å². The van der Waals surface area contributed by atoms with Crippen LogP contribution in [0.4, 0.5) is 0 Å². The molecule has 0 aliphatic carbocycles. The molecule has 0 saturated heterocycles. The number of hydrogen-bond donors (Lipinski definition) is 1. The molecule has 0 amide bonds. The van der Waals surface area contributed by atoms with Crippen molar-refractivity contribution in [3.63, 3.8) is 0 Å². The summed E-state index contributed by atoms with van der Waals surface area (Å²) in [5.41, 5.74) is 0.626. The number of hydrogen-bond acceptors (Lipinski definition) is 3. The van der Waals surface area contributed by atoms with E-state index in [1.165, 1.54) is 11.8 Å². The van der Waals surface area contributed by atoms with Crippen LogP contribution in [0.5, 0.6) is 0 Å². The summed E-state index contributed by atoms with van der Waals surface area (Å²) in [4.78, 5) is 11.5. The van der Waals surface area contributed by atoms with Crippen molar-refractivity contribution in [2.75, 3.05) is 5.75 Å². The first-order valence-corrected chi connectivity index (χ1v) is 5.00. The van der Waals surface area contributed by atoms with Crippen LogP contribution in [0.15, 0.2) is 29.2 Å². The lowest BCUT2D eigenvalue weighted by Crippen LogP contribution is -1.88. The van der Waals surface area contributed by atoms with Crippen LogP contribution in [0.3, 0.4) is 0 Å². The van der Waals surface area contributed by atoms with E-state index in [1.807, 2.05) is 18.2 Å². The Morgan fingerprint density at radius 1 is 1.46 bits per heavy atom. The van der Waals surface area contributed by atoms with Gasteiger partial charge in [-0.05, 0) is 24.3 Å². The molecule has 0 heterocycles. The molecule has 13 heavy (non-hydrogen) atoms. The Labute approximate surface area is 86.4 Å². The molecule has 0 fully saturated rings. The Morgan fingerprint density at radius 2 is 2.08 bits per heavy atom. The van der Waals surface area contributed by atoms with E-state index in [0.29, 0.717) is 11.3 Å². The molecule has 1 aromatic rings. The van der Waals surface area contributed by atoms with E-state index in [4.69, 9.17) is 5.26 Å². The standard InChI is InChI=1S/C9H7NOS2/c10-5-7-1-3-8(4-2-7)13-6-9(11)12/h1-4H,6H2,(H,11,12). The molecule has 0 spiro atoms. The number of carbonyl (C=O) groups excluding carboxylic acids is 1. The van der Waals surface area contributed by atoms with E-state index in [9.17, 15) is 4.79 Å². The molecule has 0 bridgehead atoms. The molecule has 0 saturated carbocycles. The van der Waals surface area contributed by atoms with Crippen LogP contribution in [0.25, 0.3) is 0 Å². The molecule has 2 nitrogen and oxygen atoms in total. The maximum Gasteiger partial charge on any atom is 0.196 e. The smallest absolute Gasteiger partial charge is 0.196 e. The minimum Gasteiger partial charge on any atom is -0.287 e. The minimum absolute atomic E-state index is 0.144. The zero-order valence-electron chi connectivity index (χ0n) is 6.73. The Bertz CT molecular complexity index is 340. The molecule has 0 atom stereocenters. The van der Waals surface area contributed by atoms with Crippen LogP contribution < -0.4 is 0 Å². The van der Waals surface area contributed by atoms with Gasteiger partial charge < -0.3 is 0 Å². The van der Waals surface area contributed by atoms with Gasteiger partial charge in [-0.3, -0.25) is 4.79 Å². The molecule has 66 valence electrons. The Kier molecular flexibility index (Phi) is 3.87. The van der Waals surface area contributed by atoms with Gasteiger partial charge in [0.1, 0.15) is 0 Å². The number of thioether (sulfide) groups is 1. The van der Waals surface area contributed by atoms with Gasteiger partial charge in [0.25, 0.3) is 0 Å². The second kappa shape index (κ2) is 4.95. The lowest BCUT2D eigenvalue weighted by atomic mass is 10.2. The number of carbonyl (C=O) groups is 1. The first kappa shape index (κ1) is 10.2. The molecule has 0 aliphatic heterocycles. The zero-order valence-corrected chi connectivity index (χ0v) is 8.44. The van der Waals surface area contributed by atoms with Crippen molar-refractivity contribution in [2.24, 2.45) is 0 Å². The summed E-state index contributed by atoms with van der Waals surface area (Å²) < 4.78 is 0. The molecule has 0 unspecified atom stereocenters. The predicted molar refractivity (Wildman–Crippen MR) is 55.9 cm³/mol. The average molecular weight is 209 g/mol. The van der Waals surface area contributed by atoms with Gasteiger partial charge in [-0.15, -0.1) is 24.4 Å². The van der Waals surface area contributed by atoms with Crippen molar-refractivity contribution in [3.8, 4) is 6.07 Å². The fourth-order valence-electron chi connectivity index (χ4n) is 0.771. The van der Waals surface area contributed by atoms with Crippen LogP contribution in [0.1, 0.15) is 5.56 Å². The summed E-state index contributed by atoms with van der Waals surface area (Å²) >= 11 is 5.07. The van der Waals surface area contributed by atoms with Gasteiger partial charge in [0, 0.05) is 4.90 Å². The van der Waals surface area contributed by atoms with Crippen LogP contribution in [0, 0.1) is 11.3 Å². The summed E-state index contributed by atoms with van der Waals surface area (Å²) in [6.45, 7) is 0. The number of nitrogens with zero attached hydrogens (tertiary/aromatic N) is 1. The number of benzene rings is 1. The fourth-order valence-corrected chi connectivity index (χ4v) is 1.58. The summed E-state index contributed by atoms with van der Waals surface area (Å²) in [5, 5.41) is 8.38. The molecule has 4 heteroatoms. The highest BCUT2D eigenvalue weighted by Crippen LogP contribution is 2.18. The second-order valence-electron chi connectivity index (χ2n) is 2.32. The van der Waals surface area contributed by atoms with Crippen LogP contribution >= 0.6 is 24.4 Å². The molecular formula is C9H7NOS2. The van der Waals surface area contributed by atoms with Crippen molar-refractivity contribution in [3.05, 3.63) is 29.8 Å². The van der Waals surface area contributed by atoms with Gasteiger partial charge in [-0.2, -0.15) is 5.26 Å². The number of nitriles is 1. The van der Waals surface area contributed by atoms with Gasteiger partial charge in [0.05, 0.1) is 17.4 Å². The summed E-state index contributed by atoms with van der Waals surface area (Å²) in [6, 6.07) is 9.12. The highest BCUT2D eigenvalue weighted by atomic mass is 32.2. The molecule has 1 rings (SSSR count). The highest BCUT2D eigenvalue weighted by Gasteiger charge is 1.97. The van der Waals surface area contributed by atoms with Gasteiger partial charge in [0.15, 0.2) is 5.12 Å². The van der Waals surface area contributed by atoms with Crippen LogP contribution in [-0.2, 0) is 4.79 Å². The van der Waals surface area contributed by atoms with Crippen LogP contribution in [-0.4, -0.2) is 10.9 Å². The third-order valence-corrected chi connectivity index (χ3v) is 2.73. The van der Waals surface area contributed by atoms with Crippen molar-refractivity contribution in [1.82, 2.24) is 0 Å². The Hall–Kier alpha value is -0.920. The number of thiol groups is 1. The molecule has 1 aromatic carbocycles. The fraction of sp³-hybridized carbons (Fsp3) is 0.111. The highest BCUT2D eigenvalue weighted by molar-refractivity contribution is 8.04. The zero-order chi connectivity index (χ0) is 9.68. The molecular weight excluding hydrogens is 202 g/mol. The largest absolute Gasteiger partial charge is 0.287 e. The monoisotopic (exact) mass is 209 g/mol. The van der Waals surface area contributed by atoms with Gasteiger partial charge >= 0.3 is 0 Å². The quantitative estimate of drug-likeness (QED) is 0.612. The maximum atomic E-state index is 10.5. The second-order valence-corrected chi connectivity index (χ2v) is 3.87. The summed E-state index contributed by atoms with van der Waals surface area (Å²) in [5.74, 6) is 0.356. The van der Waals surface area contributed by atoms with E-state index < -0.39 is 0 Å². The van der Waals surface area contributed by atoms with Crippen molar-refractivity contribution in [2.45, 2.75) is 4.90 Å². The van der Waals surface area contributed by atoms with Crippen molar-refractivity contribution in [1.29, 1.82) is 5.26 Å². The predicted octanol–water partition coefficient (Wildman–Crippen LogP) is 2.11. The Balaban J connectivity index is 2.60. The average Bonchev–Trinajstić information content (AvgIpc) is 2.15. The molecule has 0 N–H and O–H groups in total. The maximum absolute atomic E-state index is 10.5. The lowest BCUT2D eigenvalue weighted by molar-refractivity contribution is -0.108. The minimum atomic E-state index is -0.144. The van der Waals surface area contributed by atoms with E-state index >= 15 is 0 Å². The van der Waals surface area contributed by atoms with Crippen molar-refractivity contribution < 1.29 is 4.79 Å². The van der Waals surface area contributed by atoms with Gasteiger partial charge in [-0.25, -0.2) is 0 Å². The summed E-state index contributed by atoms with van der Waals surface area (Å²) in [6.07, 6.45) is 0. The van der Waals surface area contributed by atoms with E-state index in [2.05, 4.69) is 12.6 Å². The van der Waals surface area contributed by atoms with Gasteiger partial charge in [-0.1, -0.05) is 0 Å². The summed E-state index contributed by atoms with van der Waals surface area (Å²) in [7, 11) is 0. The van der Waals surface area contributed by atoms with Crippen LogP contribution in [0.2, 0.25) is 0 Å². The lowest BCUT2D eigenvalue weighted by Gasteiger charge is -1.97. The first-order valence-electron chi connectivity index (χ1n) is 3.57. The normalized spacial score (nSPS) is 9.23. The number of rotatable bonds is 3. The molecule has 0 aliphatic rings. The van der Waals surface area contributed by atoms with Gasteiger partial charge in [0.2, 0.25) is 0 Å². The van der Waals surface area contributed by atoms with E-state index in [0.717, 1.165) is 4.90 Å². The first-order chi connectivity index (χ1) is 6.22. The molecule has 0 radical (unpaired) electrons. The SMILES string of the molecule is N#Cc1ccc(SCC(=O)S)cc1.